The summed E-state index contributed by atoms with van der Waals surface area (Å²) < 4.78 is 9.04. The van der Waals surface area contributed by atoms with Crippen molar-refractivity contribution in [3.05, 3.63) is 18.4 Å². The summed E-state index contributed by atoms with van der Waals surface area (Å²) in [5.74, 6) is -1.61. The third-order valence-corrected chi connectivity index (χ3v) is 2.18. The maximum Gasteiger partial charge on any atom is 0.324 e. The van der Waals surface area contributed by atoms with E-state index in [9.17, 15) is 14.4 Å². The molecule has 0 radical (unpaired) electrons. The first kappa shape index (κ1) is 14.1. The topological polar surface area (TPSA) is 69.7 Å². The molecule has 0 aliphatic heterocycles. The summed E-state index contributed by atoms with van der Waals surface area (Å²) in [7, 11) is 2.28. The number of rotatable bonds is 6. The minimum Gasteiger partial charge on any atom is -0.468 e. The monoisotopic (exact) mass is 226 g/mol. The molecule has 5 heteroatoms. The van der Waals surface area contributed by atoms with Crippen LogP contribution in [-0.2, 0) is 23.9 Å². The van der Waals surface area contributed by atoms with Gasteiger partial charge in [0.1, 0.15) is 6.29 Å². The van der Waals surface area contributed by atoms with Crippen molar-refractivity contribution in [3.8, 4) is 0 Å². The van der Waals surface area contributed by atoms with Gasteiger partial charge in [0, 0.05) is 12.8 Å². The molecule has 0 saturated heterocycles. The number of methoxy groups -OCH3 is 2. The zero-order valence-electron chi connectivity index (χ0n) is 9.32. The number of carbonyl (C=O) groups excluding carboxylic acids is 3. The van der Waals surface area contributed by atoms with E-state index in [-0.39, 0.29) is 12.8 Å². The van der Waals surface area contributed by atoms with Crippen LogP contribution in [0.3, 0.4) is 0 Å². The van der Waals surface area contributed by atoms with E-state index in [0.29, 0.717) is 6.29 Å². The SMILES string of the molecule is C=C=CCC(CC=O)(C(=O)OC)C(=O)OC. The average molecular weight is 226 g/mol. The van der Waals surface area contributed by atoms with Crippen molar-refractivity contribution in [1.82, 2.24) is 0 Å². The van der Waals surface area contributed by atoms with Crippen molar-refractivity contribution in [2.45, 2.75) is 12.8 Å². The molecule has 16 heavy (non-hydrogen) atoms. The van der Waals surface area contributed by atoms with Crippen LogP contribution in [0.25, 0.3) is 0 Å². The summed E-state index contributed by atoms with van der Waals surface area (Å²) in [5.41, 5.74) is 0.804. The molecule has 0 rings (SSSR count). The van der Waals surface area contributed by atoms with Gasteiger partial charge < -0.3 is 14.3 Å². The number of allylic oxidation sites excluding steroid dienone is 1. The Bertz CT molecular complexity index is 309. The summed E-state index contributed by atoms with van der Waals surface area (Å²) in [5, 5.41) is 0. The maximum atomic E-state index is 11.6. The fourth-order valence-corrected chi connectivity index (χ4v) is 1.28. The molecule has 0 saturated carbocycles. The lowest BCUT2D eigenvalue weighted by molar-refractivity contribution is -0.170. The Hall–Kier alpha value is -1.87. The van der Waals surface area contributed by atoms with Crippen molar-refractivity contribution in [3.63, 3.8) is 0 Å². The van der Waals surface area contributed by atoms with Crippen LogP contribution in [0.15, 0.2) is 18.4 Å². The van der Waals surface area contributed by atoms with E-state index in [2.05, 4.69) is 21.8 Å². The minimum atomic E-state index is -1.63. The molecule has 0 N–H and O–H groups in total. The second-order valence-corrected chi connectivity index (χ2v) is 3.05. The van der Waals surface area contributed by atoms with Crippen LogP contribution >= 0.6 is 0 Å². The second-order valence-electron chi connectivity index (χ2n) is 3.05. The number of carbonyl (C=O) groups is 3. The van der Waals surface area contributed by atoms with Gasteiger partial charge in [-0.05, 0) is 6.08 Å². The minimum absolute atomic E-state index is 0.0331. The van der Waals surface area contributed by atoms with E-state index in [1.165, 1.54) is 6.08 Å². The predicted molar refractivity (Wildman–Crippen MR) is 55.5 cm³/mol. The number of ether oxygens (including phenoxy) is 2. The molecule has 0 aromatic carbocycles. The van der Waals surface area contributed by atoms with E-state index in [4.69, 9.17) is 0 Å². The number of aldehydes is 1. The van der Waals surface area contributed by atoms with Gasteiger partial charge in [0.15, 0.2) is 5.41 Å². The molecular formula is C11H14O5. The molecule has 0 bridgehead atoms. The van der Waals surface area contributed by atoms with Crippen LogP contribution in [0.1, 0.15) is 12.8 Å². The molecule has 0 fully saturated rings. The fraction of sp³-hybridized carbons (Fsp3) is 0.455. The van der Waals surface area contributed by atoms with E-state index < -0.39 is 17.4 Å². The van der Waals surface area contributed by atoms with Gasteiger partial charge in [0.05, 0.1) is 14.2 Å². The summed E-state index contributed by atoms with van der Waals surface area (Å²) in [6, 6.07) is 0. The highest BCUT2D eigenvalue weighted by molar-refractivity contribution is 6.02. The fourth-order valence-electron chi connectivity index (χ4n) is 1.28. The van der Waals surface area contributed by atoms with Crippen molar-refractivity contribution in [2.24, 2.45) is 5.41 Å². The van der Waals surface area contributed by atoms with Crippen molar-refractivity contribution < 1.29 is 23.9 Å². The molecule has 0 amide bonds. The Morgan fingerprint density at radius 3 is 2.06 bits per heavy atom. The van der Waals surface area contributed by atoms with Gasteiger partial charge in [-0.15, -0.1) is 5.73 Å². The molecule has 0 atom stereocenters. The third kappa shape index (κ3) is 2.81. The number of hydrogen-bond acceptors (Lipinski definition) is 5. The van der Waals surface area contributed by atoms with Crippen LogP contribution in [0, 0.1) is 5.41 Å². The highest BCUT2D eigenvalue weighted by atomic mass is 16.5. The lowest BCUT2D eigenvalue weighted by Crippen LogP contribution is -2.41. The third-order valence-electron chi connectivity index (χ3n) is 2.18. The smallest absolute Gasteiger partial charge is 0.324 e. The largest absolute Gasteiger partial charge is 0.468 e. The number of esters is 2. The first-order valence-electron chi connectivity index (χ1n) is 4.53. The van der Waals surface area contributed by atoms with Crippen LogP contribution < -0.4 is 0 Å². The van der Waals surface area contributed by atoms with Gasteiger partial charge in [0.2, 0.25) is 0 Å². The Kier molecular flexibility index (Phi) is 5.81. The molecule has 88 valence electrons. The number of hydrogen-bond donors (Lipinski definition) is 0. The van der Waals surface area contributed by atoms with Gasteiger partial charge in [0.25, 0.3) is 0 Å². The summed E-state index contributed by atoms with van der Waals surface area (Å²) in [6.07, 6.45) is 1.53. The quantitative estimate of drug-likeness (QED) is 0.288. The summed E-state index contributed by atoms with van der Waals surface area (Å²) in [4.78, 5) is 33.7. The molecule has 0 spiro atoms. The van der Waals surface area contributed by atoms with E-state index >= 15 is 0 Å². The first-order chi connectivity index (χ1) is 7.58. The Morgan fingerprint density at radius 1 is 1.25 bits per heavy atom. The molecule has 0 aromatic rings. The van der Waals surface area contributed by atoms with Gasteiger partial charge in [-0.1, -0.05) is 6.58 Å². The lowest BCUT2D eigenvalue weighted by atomic mass is 9.81. The van der Waals surface area contributed by atoms with E-state index in [0.717, 1.165) is 14.2 Å². The standard InChI is InChI=1S/C11H14O5/c1-4-5-6-11(7-8-12,9(13)15-2)10(14)16-3/h5,8H,1,6-7H2,2-3H3. The summed E-state index contributed by atoms with van der Waals surface area (Å²) in [6.45, 7) is 3.32. The first-order valence-corrected chi connectivity index (χ1v) is 4.53. The molecule has 0 aromatic heterocycles. The van der Waals surface area contributed by atoms with Crippen molar-refractivity contribution in [1.29, 1.82) is 0 Å². The van der Waals surface area contributed by atoms with Crippen LogP contribution in [0.2, 0.25) is 0 Å². The van der Waals surface area contributed by atoms with E-state index in [1.807, 2.05) is 0 Å². The van der Waals surface area contributed by atoms with Gasteiger partial charge in [-0.3, -0.25) is 9.59 Å². The van der Waals surface area contributed by atoms with Gasteiger partial charge >= 0.3 is 11.9 Å². The Balaban J connectivity index is 5.35. The van der Waals surface area contributed by atoms with Gasteiger partial charge in [-0.25, -0.2) is 0 Å². The lowest BCUT2D eigenvalue weighted by Gasteiger charge is -2.24. The molecule has 5 nitrogen and oxygen atoms in total. The molecule has 0 heterocycles. The van der Waals surface area contributed by atoms with Crippen molar-refractivity contribution >= 4 is 18.2 Å². The van der Waals surface area contributed by atoms with Crippen LogP contribution in [0.4, 0.5) is 0 Å². The second kappa shape index (κ2) is 6.58. The normalized spacial score (nSPS) is 9.88. The average Bonchev–Trinajstić information content (AvgIpc) is 2.32. The van der Waals surface area contributed by atoms with Crippen LogP contribution in [0.5, 0.6) is 0 Å². The Labute approximate surface area is 93.7 Å². The molecular weight excluding hydrogens is 212 g/mol. The maximum absolute atomic E-state index is 11.6. The zero-order chi connectivity index (χ0) is 12.6. The molecule has 0 unspecified atom stereocenters. The van der Waals surface area contributed by atoms with Gasteiger partial charge in [-0.2, -0.15) is 0 Å². The van der Waals surface area contributed by atoms with Crippen LogP contribution in [-0.4, -0.2) is 32.4 Å². The van der Waals surface area contributed by atoms with Crippen molar-refractivity contribution in [2.75, 3.05) is 14.2 Å². The molecule has 0 aliphatic rings. The highest BCUT2D eigenvalue weighted by Crippen LogP contribution is 2.29. The summed E-state index contributed by atoms with van der Waals surface area (Å²) >= 11 is 0. The zero-order valence-corrected chi connectivity index (χ0v) is 9.32. The Morgan fingerprint density at radius 2 is 1.75 bits per heavy atom. The van der Waals surface area contributed by atoms with E-state index in [1.54, 1.807) is 0 Å². The molecule has 0 aliphatic carbocycles. The predicted octanol–water partition coefficient (Wildman–Crippen LogP) is 0.639. The highest BCUT2D eigenvalue weighted by Gasteiger charge is 2.47.